The summed E-state index contributed by atoms with van der Waals surface area (Å²) in [4.78, 5) is 30.3. The Bertz CT molecular complexity index is 1580. The SMILES string of the molecule is CC(O)(C(=O)Nc1ccc2c(N)noc2c1)[C@H]1OCCN(c2nn(-c3ccnc(C(F)(F)F)c3)cc2F)C1=O. The first-order valence-electron chi connectivity index (χ1n) is 11.3. The van der Waals surface area contributed by atoms with E-state index in [1.807, 2.05) is 0 Å². The maximum Gasteiger partial charge on any atom is 0.433 e. The highest BCUT2D eigenvalue weighted by Gasteiger charge is 2.49. The van der Waals surface area contributed by atoms with Crippen molar-refractivity contribution in [1.29, 1.82) is 0 Å². The van der Waals surface area contributed by atoms with Gasteiger partial charge in [-0.2, -0.15) is 13.2 Å². The first-order chi connectivity index (χ1) is 18.4. The Morgan fingerprint density at radius 1 is 1.26 bits per heavy atom. The van der Waals surface area contributed by atoms with Gasteiger partial charge in [-0.15, -0.1) is 5.10 Å². The average Bonchev–Trinajstić information content (AvgIpc) is 3.45. The van der Waals surface area contributed by atoms with Crippen LogP contribution < -0.4 is 16.0 Å². The number of hydrogen-bond acceptors (Lipinski definition) is 9. The predicted octanol–water partition coefficient (Wildman–Crippen LogP) is 2.27. The maximum absolute atomic E-state index is 14.9. The lowest BCUT2D eigenvalue weighted by Crippen LogP contribution is -2.61. The van der Waals surface area contributed by atoms with Gasteiger partial charge in [0.25, 0.3) is 11.8 Å². The minimum Gasteiger partial charge on any atom is -0.380 e. The van der Waals surface area contributed by atoms with Crippen LogP contribution in [0.5, 0.6) is 0 Å². The van der Waals surface area contributed by atoms with Gasteiger partial charge in [0.05, 0.1) is 30.4 Å². The number of aromatic nitrogens is 4. The fraction of sp³-hybridized carbons (Fsp3) is 0.261. The molecule has 1 fully saturated rings. The van der Waals surface area contributed by atoms with Crippen LogP contribution in [0.1, 0.15) is 12.6 Å². The van der Waals surface area contributed by atoms with Gasteiger partial charge < -0.3 is 25.4 Å². The highest BCUT2D eigenvalue weighted by molar-refractivity contribution is 6.06. The first-order valence-corrected chi connectivity index (χ1v) is 11.3. The third-order valence-electron chi connectivity index (χ3n) is 6.02. The van der Waals surface area contributed by atoms with E-state index in [1.165, 1.54) is 24.3 Å². The number of nitrogens with one attached hydrogen (secondary N) is 1. The van der Waals surface area contributed by atoms with E-state index in [9.17, 15) is 32.3 Å². The van der Waals surface area contributed by atoms with Gasteiger partial charge in [0, 0.05) is 18.0 Å². The predicted molar refractivity (Wildman–Crippen MR) is 126 cm³/mol. The number of carbonyl (C=O) groups excluding carboxylic acids is 2. The number of fused-ring (bicyclic) bond motifs is 1. The van der Waals surface area contributed by atoms with Crippen molar-refractivity contribution in [1.82, 2.24) is 19.9 Å². The van der Waals surface area contributed by atoms with E-state index in [0.29, 0.717) is 11.5 Å². The van der Waals surface area contributed by atoms with Crippen molar-refractivity contribution >= 4 is 40.1 Å². The molecule has 39 heavy (non-hydrogen) atoms. The van der Waals surface area contributed by atoms with Crippen molar-refractivity contribution in [3.8, 4) is 5.69 Å². The molecule has 1 aromatic carbocycles. The molecular weight excluding hydrogens is 530 g/mol. The van der Waals surface area contributed by atoms with Gasteiger partial charge in [-0.3, -0.25) is 19.5 Å². The van der Waals surface area contributed by atoms with Gasteiger partial charge in [-0.25, -0.2) is 9.07 Å². The number of pyridine rings is 1. The molecule has 1 unspecified atom stereocenters. The molecule has 4 heterocycles. The summed E-state index contributed by atoms with van der Waals surface area (Å²) >= 11 is 0. The van der Waals surface area contributed by atoms with Gasteiger partial charge in [-0.1, -0.05) is 5.16 Å². The molecule has 0 saturated carbocycles. The molecule has 0 aliphatic carbocycles. The van der Waals surface area contributed by atoms with Crippen molar-refractivity contribution in [3.63, 3.8) is 0 Å². The minimum atomic E-state index is -4.74. The normalized spacial score (nSPS) is 17.8. The van der Waals surface area contributed by atoms with Crippen molar-refractivity contribution in [2.24, 2.45) is 0 Å². The van der Waals surface area contributed by atoms with Crippen LogP contribution in [0.3, 0.4) is 0 Å². The first kappa shape index (κ1) is 26.1. The molecule has 12 nitrogen and oxygen atoms in total. The monoisotopic (exact) mass is 549 g/mol. The third-order valence-corrected chi connectivity index (χ3v) is 6.02. The minimum absolute atomic E-state index is 0.149. The molecule has 204 valence electrons. The molecule has 1 aliphatic heterocycles. The zero-order valence-electron chi connectivity index (χ0n) is 19.9. The second-order valence-corrected chi connectivity index (χ2v) is 8.76. The van der Waals surface area contributed by atoms with E-state index in [0.717, 1.165) is 28.9 Å². The number of halogens is 4. The lowest BCUT2D eigenvalue weighted by atomic mass is 9.95. The zero-order valence-corrected chi connectivity index (χ0v) is 19.9. The molecule has 0 spiro atoms. The van der Waals surface area contributed by atoms with Gasteiger partial charge in [0.2, 0.25) is 0 Å². The highest BCUT2D eigenvalue weighted by atomic mass is 19.4. The molecule has 16 heteroatoms. The summed E-state index contributed by atoms with van der Waals surface area (Å²) in [5, 5.41) is 21.5. The van der Waals surface area contributed by atoms with Crippen molar-refractivity contribution in [3.05, 3.63) is 54.2 Å². The molecule has 1 aliphatic rings. The number of nitrogens with two attached hydrogens (primary N) is 1. The summed E-state index contributed by atoms with van der Waals surface area (Å²) < 4.78 is 65.2. The fourth-order valence-corrected chi connectivity index (χ4v) is 3.99. The number of hydrogen-bond donors (Lipinski definition) is 3. The summed E-state index contributed by atoms with van der Waals surface area (Å²) in [6.07, 6.45) is -4.82. The molecule has 4 N–H and O–H groups in total. The number of nitrogen functional groups attached to an aromatic ring is 1. The van der Waals surface area contributed by atoms with Crippen molar-refractivity contribution in [2.75, 3.05) is 29.1 Å². The van der Waals surface area contributed by atoms with Crippen LogP contribution in [0.25, 0.3) is 16.7 Å². The number of alkyl halides is 3. The fourth-order valence-electron chi connectivity index (χ4n) is 3.99. The Balaban J connectivity index is 1.37. The molecule has 5 rings (SSSR count). The number of carbonyl (C=O) groups is 2. The molecule has 2 atom stereocenters. The van der Waals surface area contributed by atoms with E-state index < -0.39 is 47.0 Å². The molecule has 0 radical (unpaired) electrons. The quantitative estimate of drug-likeness (QED) is 0.317. The summed E-state index contributed by atoms with van der Waals surface area (Å²) in [6.45, 7) is 0.640. The number of morpholine rings is 1. The van der Waals surface area contributed by atoms with E-state index in [1.54, 1.807) is 0 Å². The van der Waals surface area contributed by atoms with Crippen LogP contribution in [0.2, 0.25) is 0 Å². The van der Waals surface area contributed by atoms with Gasteiger partial charge in [0.1, 0.15) is 5.69 Å². The van der Waals surface area contributed by atoms with E-state index >= 15 is 0 Å². The smallest absolute Gasteiger partial charge is 0.380 e. The van der Waals surface area contributed by atoms with Gasteiger partial charge in [0.15, 0.2) is 34.7 Å². The largest absolute Gasteiger partial charge is 0.433 e. The number of amides is 2. The Hall–Kier alpha value is -4.57. The zero-order chi connectivity index (χ0) is 28.1. The number of ether oxygens (including phenoxy) is 1. The number of benzene rings is 1. The number of aliphatic hydroxyl groups is 1. The van der Waals surface area contributed by atoms with E-state index in [-0.39, 0.29) is 35.9 Å². The molecule has 2 amide bonds. The van der Waals surface area contributed by atoms with Crippen LogP contribution in [0.15, 0.2) is 47.2 Å². The lowest BCUT2D eigenvalue weighted by Gasteiger charge is -2.37. The second-order valence-electron chi connectivity index (χ2n) is 8.76. The van der Waals surface area contributed by atoms with Crippen LogP contribution in [-0.2, 0) is 20.5 Å². The third kappa shape index (κ3) is 4.74. The summed E-state index contributed by atoms with van der Waals surface area (Å²) in [7, 11) is 0. The summed E-state index contributed by atoms with van der Waals surface area (Å²) in [5.74, 6) is -3.41. The van der Waals surface area contributed by atoms with Crippen LogP contribution in [-0.4, -0.2) is 61.7 Å². The molecule has 4 aromatic rings. The second kappa shape index (κ2) is 9.32. The number of anilines is 3. The maximum atomic E-state index is 14.9. The average molecular weight is 549 g/mol. The topological polar surface area (TPSA) is 162 Å². The number of rotatable bonds is 5. The van der Waals surface area contributed by atoms with Crippen LogP contribution >= 0.6 is 0 Å². The Kier molecular flexibility index (Phi) is 6.22. The van der Waals surface area contributed by atoms with Crippen molar-refractivity contribution in [2.45, 2.75) is 24.8 Å². The van der Waals surface area contributed by atoms with Crippen molar-refractivity contribution < 1.29 is 41.5 Å². The Morgan fingerprint density at radius 3 is 2.77 bits per heavy atom. The van der Waals surface area contributed by atoms with E-state index in [2.05, 4.69) is 20.6 Å². The summed E-state index contributed by atoms with van der Waals surface area (Å²) in [5.41, 5.74) is 2.33. The summed E-state index contributed by atoms with van der Waals surface area (Å²) in [6, 6.07) is 6.27. The number of nitrogens with zero attached hydrogens (tertiary/aromatic N) is 5. The molecular formula is C23H19F4N7O5. The molecule has 3 aromatic heterocycles. The van der Waals surface area contributed by atoms with Gasteiger partial charge in [-0.05, 0) is 31.2 Å². The Labute approximate surface area is 215 Å². The molecule has 0 bridgehead atoms. The highest BCUT2D eigenvalue weighted by Crippen LogP contribution is 2.31. The van der Waals surface area contributed by atoms with Crippen LogP contribution in [0, 0.1) is 5.82 Å². The molecule has 1 saturated heterocycles. The Morgan fingerprint density at radius 2 is 2.03 bits per heavy atom. The van der Waals surface area contributed by atoms with E-state index in [4.69, 9.17) is 15.0 Å². The van der Waals surface area contributed by atoms with Crippen LogP contribution in [0.4, 0.5) is 34.9 Å². The standard InChI is InChI=1S/C23H19F4N7O5/c1-22(37,21(36)30-11-2-3-13-15(8-11)39-32-18(13)28)17-20(35)33(6-7-38-17)19-14(24)10-34(31-19)12-4-5-29-16(9-12)23(25,26)27/h2-5,8-10,17,37H,6-7H2,1H3,(H2,28,32)(H,30,36)/t17-,22?/m0/s1. The van der Waals surface area contributed by atoms with Gasteiger partial charge >= 0.3 is 6.18 Å². The lowest BCUT2D eigenvalue weighted by molar-refractivity contribution is -0.165.